The Morgan fingerprint density at radius 2 is 1.86 bits per heavy atom. The van der Waals surface area contributed by atoms with Gasteiger partial charge < -0.3 is 15.0 Å². The van der Waals surface area contributed by atoms with Gasteiger partial charge in [-0.1, -0.05) is 24.6 Å². The van der Waals surface area contributed by atoms with Crippen LogP contribution in [-0.4, -0.2) is 64.6 Å². The number of methoxy groups -OCH3 is 1. The topological polar surface area (TPSA) is 72.3 Å². The number of nitrogens with zero attached hydrogens (tertiary/aromatic N) is 4. The second kappa shape index (κ2) is 11.2. The van der Waals surface area contributed by atoms with Gasteiger partial charge in [0.2, 0.25) is 5.91 Å². The van der Waals surface area contributed by atoms with Crippen molar-refractivity contribution in [1.82, 2.24) is 25.0 Å². The van der Waals surface area contributed by atoms with Gasteiger partial charge in [0.1, 0.15) is 11.6 Å². The number of rotatable bonds is 9. The lowest BCUT2D eigenvalue weighted by atomic mass is 10.2. The van der Waals surface area contributed by atoms with Crippen molar-refractivity contribution in [2.45, 2.75) is 44.2 Å². The molecule has 1 N–H and O–H groups in total. The van der Waals surface area contributed by atoms with Crippen LogP contribution in [0.25, 0.3) is 5.69 Å². The first-order valence-corrected chi connectivity index (χ1v) is 11.3. The lowest BCUT2D eigenvalue weighted by Gasteiger charge is -2.19. The van der Waals surface area contributed by atoms with Gasteiger partial charge >= 0.3 is 0 Å². The molecule has 2 aromatic rings. The maximum Gasteiger partial charge on any atom is 0.230 e. The minimum absolute atomic E-state index is 0.0350. The van der Waals surface area contributed by atoms with Crippen molar-refractivity contribution in [3.05, 3.63) is 30.1 Å². The summed E-state index contributed by atoms with van der Waals surface area (Å²) >= 11 is 1.41. The van der Waals surface area contributed by atoms with E-state index in [4.69, 9.17) is 4.74 Å². The van der Waals surface area contributed by atoms with Crippen LogP contribution in [0.15, 0.2) is 29.4 Å². The lowest BCUT2D eigenvalue weighted by molar-refractivity contribution is -0.118. The van der Waals surface area contributed by atoms with Crippen molar-refractivity contribution in [2.75, 3.05) is 39.0 Å². The number of hydrogen-bond acceptors (Lipinski definition) is 6. The zero-order valence-corrected chi connectivity index (χ0v) is 18.2. The summed E-state index contributed by atoms with van der Waals surface area (Å²) in [7, 11) is 1.65. The number of thioether (sulfide) groups is 1. The van der Waals surface area contributed by atoms with E-state index in [0.29, 0.717) is 10.9 Å². The van der Waals surface area contributed by atoms with Crippen LogP contribution in [0.3, 0.4) is 0 Å². The minimum atomic E-state index is 0.0350. The quantitative estimate of drug-likeness (QED) is 0.499. The maximum absolute atomic E-state index is 12.2. The molecule has 2 heterocycles. The number of aromatic nitrogens is 3. The zero-order valence-electron chi connectivity index (χ0n) is 17.4. The predicted octanol–water partition coefficient (Wildman–Crippen LogP) is 3.06. The fourth-order valence-corrected chi connectivity index (χ4v) is 4.36. The predicted molar refractivity (Wildman–Crippen MR) is 116 cm³/mol. The van der Waals surface area contributed by atoms with Crippen molar-refractivity contribution in [1.29, 1.82) is 0 Å². The molecule has 0 aliphatic carbocycles. The van der Waals surface area contributed by atoms with Gasteiger partial charge in [-0.05, 0) is 70.1 Å². The number of ether oxygens (including phenoxy) is 1. The van der Waals surface area contributed by atoms with Crippen LogP contribution >= 0.6 is 11.8 Å². The van der Waals surface area contributed by atoms with Gasteiger partial charge in [-0.25, -0.2) is 0 Å². The van der Waals surface area contributed by atoms with Crippen LogP contribution in [0.4, 0.5) is 0 Å². The molecular weight excluding hydrogens is 386 g/mol. The van der Waals surface area contributed by atoms with E-state index in [-0.39, 0.29) is 5.91 Å². The second-order valence-corrected chi connectivity index (χ2v) is 8.25. The van der Waals surface area contributed by atoms with Crippen molar-refractivity contribution in [3.8, 4) is 11.4 Å². The van der Waals surface area contributed by atoms with E-state index in [0.717, 1.165) is 36.8 Å². The van der Waals surface area contributed by atoms with E-state index in [9.17, 15) is 4.79 Å². The minimum Gasteiger partial charge on any atom is -0.497 e. The van der Waals surface area contributed by atoms with Gasteiger partial charge in [0.05, 0.1) is 12.9 Å². The zero-order chi connectivity index (χ0) is 20.5. The molecule has 1 aromatic heterocycles. The maximum atomic E-state index is 12.2. The Hall–Kier alpha value is -2.06. The lowest BCUT2D eigenvalue weighted by Crippen LogP contribution is -2.31. The largest absolute Gasteiger partial charge is 0.497 e. The molecule has 1 saturated heterocycles. The standard InChI is InChI=1S/C21H31N5O2S/c1-17-23-24-21(26(17)18-8-10-19(28-2)11-9-18)29-16-20(27)22-12-7-15-25-13-5-3-4-6-14-25/h8-11H,3-7,12-16H2,1-2H3,(H,22,27). The van der Waals surface area contributed by atoms with E-state index >= 15 is 0 Å². The summed E-state index contributed by atoms with van der Waals surface area (Å²) in [6, 6.07) is 7.73. The van der Waals surface area contributed by atoms with Gasteiger partial charge in [-0.3, -0.25) is 9.36 Å². The van der Waals surface area contributed by atoms with Crippen LogP contribution in [0.1, 0.15) is 37.9 Å². The molecule has 1 aromatic carbocycles. The Morgan fingerprint density at radius 3 is 2.55 bits per heavy atom. The molecule has 0 radical (unpaired) electrons. The molecule has 7 nitrogen and oxygen atoms in total. The molecule has 0 bridgehead atoms. The van der Waals surface area contributed by atoms with Crippen molar-refractivity contribution in [2.24, 2.45) is 0 Å². The summed E-state index contributed by atoms with van der Waals surface area (Å²) in [6.07, 6.45) is 6.31. The third kappa shape index (κ3) is 6.47. The average Bonchev–Trinajstić information content (AvgIpc) is 2.93. The fourth-order valence-electron chi connectivity index (χ4n) is 3.54. The number of aryl methyl sites for hydroxylation is 1. The van der Waals surface area contributed by atoms with Crippen molar-refractivity contribution < 1.29 is 9.53 Å². The van der Waals surface area contributed by atoms with Crippen molar-refractivity contribution in [3.63, 3.8) is 0 Å². The van der Waals surface area contributed by atoms with Crippen LogP contribution in [0.5, 0.6) is 5.75 Å². The number of benzene rings is 1. The van der Waals surface area contributed by atoms with E-state index in [1.165, 1.54) is 50.5 Å². The highest BCUT2D eigenvalue weighted by atomic mass is 32.2. The second-order valence-electron chi connectivity index (χ2n) is 7.31. The summed E-state index contributed by atoms with van der Waals surface area (Å²) in [5.41, 5.74) is 0.952. The molecule has 158 valence electrons. The number of carbonyl (C=O) groups is 1. The molecule has 8 heteroatoms. The summed E-state index contributed by atoms with van der Waals surface area (Å²) in [6.45, 7) is 6.09. The summed E-state index contributed by atoms with van der Waals surface area (Å²) in [5, 5.41) is 12.1. The van der Waals surface area contributed by atoms with Crippen LogP contribution in [0.2, 0.25) is 0 Å². The monoisotopic (exact) mass is 417 g/mol. The van der Waals surface area contributed by atoms with E-state index in [1.54, 1.807) is 7.11 Å². The molecule has 29 heavy (non-hydrogen) atoms. The van der Waals surface area contributed by atoms with Gasteiger partial charge in [-0.2, -0.15) is 0 Å². The Kier molecular flexibility index (Phi) is 8.37. The first-order valence-electron chi connectivity index (χ1n) is 10.4. The third-order valence-electron chi connectivity index (χ3n) is 5.13. The first-order chi connectivity index (χ1) is 14.2. The van der Waals surface area contributed by atoms with Crippen LogP contribution in [0, 0.1) is 6.92 Å². The van der Waals surface area contributed by atoms with E-state index in [2.05, 4.69) is 20.4 Å². The molecular formula is C21H31N5O2S. The summed E-state index contributed by atoms with van der Waals surface area (Å²) in [4.78, 5) is 14.8. The third-order valence-corrected chi connectivity index (χ3v) is 6.06. The highest BCUT2D eigenvalue weighted by Crippen LogP contribution is 2.23. The first kappa shape index (κ1) is 21.6. The Morgan fingerprint density at radius 1 is 1.14 bits per heavy atom. The van der Waals surface area contributed by atoms with Gasteiger partial charge in [0, 0.05) is 12.2 Å². The van der Waals surface area contributed by atoms with E-state index in [1.807, 2.05) is 35.8 Å². The molecule has 0 atom stereocenters. The van der Waals surface area contributed by atoms with Crippen LogP contribution < -0.4 is 10.1 Å². The molecule has 1 amide bonds. The number of amides is 1. The fraction of sp³-hybridized carbons (Fsp3) is 0.571. The number of carbonyl (C=O) groups excluding carboxylic acids is 1. The number of nitrogens with one attached hydrogen (secondary N) is 1. The molecule has 0 saturated carbocycles. The van der Waals surface area contributed by atoms with Gasteiger partial charge in [0.25, 0.3) is 0 Å². The highest BCUT2D eigenvalue weighted by molar-refractivity contribution is 7.99. The van der Waals surface area contributed by atoms with Gasteiger partial charge in [0.15, 0.2) is 5.16 Å². The van der Waals surface area contributed by atoms with Crippen molar-refractivity contribution >= 4 is 17.7 Å². The molecule has 1 fully saturated rings. The summed E-state index contributed by atoms with van der Waals surface area (Å²) < 4.78 is 7.17. The SMILES string of the molecule is COc1ccc(-n2c(C)nnc2SCC(=O)NCCCN2CCCCCC2)cc1. The van der Waals surface area contributed by atoms with Gasteiger partial charge in [-0.15, -0.1) is 10.2 Å². The smallest absolute Gasteiger partial charge is 0.230 e. The number of likely N-dealkylation sites (tertiary alicyclic amines) is 1. The molecule has 3 rings (SSSR count). The molecule has 0 spiro atoms. The molecule has 0 unspecified atom stereocenters. The Bertz CT molecular complexity index is 770. The Balaban J connectivity index is 1.44. The van der Waals surface area contributed by atoms with Crippen LogP contribution in [-0.2, 0) is 4.79 Å². The number of hydrogen-bond donors (Lipinski definition) is 1. The summed E-state index contributed by atoms with van der Waals surface area (Å²) in [5.74, 6) is 1.95. The van der Waals surface area contributed by atoms with E-state index < -0.39 is 0 Å². The highest BCUT2D eigenvalue weighted by Gasteiger charge is 2.14. The normalized spacial score (nSPS) is 15.1. The Labute approximate surface area is 177 Å². The molecule has 1 aliphatic heterocycles. The molecule has 1 aliphatic rings. The average molecular weight is 418 g/mol.